The first-order chi connectivity index (χ1) is 7.38. The summed E-state index contributed by atoms with van der Waals surface area (Å²) in [5, 5.41) is 0. The van der Waals surface area contributed by atoms with Crippen LogP contribution in [0.3, 0.4) is 0 Å². The number of hydroxylamine groups is 1. The van der Waals surface area contributed by atoms with Crippen molar-refractivity contribution in [3.05, 3.63) is 47.9 Å². The number of nitrogens with two attached hydrogens (primary N) is 1. The Morgan fingerprint density at radius 3 is 2.80 bits per heavy atom. The number of hydrogen-bond acceptors (Lipinski definition) is 4. The molecule has 0 spiro atoms. The van der Waals surface area contributed by atoms with E-state index in [0.717, 1.165) is 5.56 Å². The monoisotopic (exact) mass is 206 g/mol. The molecular weight excluding hydrogens is 192 g/mol. The summed E-state index contributed by atoms with van der Waals surface area (Å²) in [4.78, 5) is 5.11. The summed E-state index contributed by atoms with van der Waals surface area (Å²) < 4.78 is 5.49. The van der Waals surface area contributed by atoms with Gasteiger partial charge in [-0.2, -0.15) is 0 Å². The third-order valence-corrected chi connectivity index (χ3v) is 2.12. The van der Waals surface area contributed by atoms with Crippen molar-refractivity contribution in [1.29, 1.82) is 0 Å². The molecule has 1 heterocycles. The van der Waals surface area contributed by atoms with Crippen molar-refractivity contribution in [2.45, 2.75) is 12.7 Å². The van der Waals surface area contributed by atoms with Crippen LogP contribution in [0.1, 0.15) is 5.56 Å². The fraction of sp³-hybridized carbons (Fsp3) is 0.273. The van der Waals surface area contributed by atoms with Gasteiger partial charge in [-0.15, -0.1) is 0 Å². The molecule has 0 amide bonds. The largest absolute Gasteiger partial charge is 0.473 e. The summed E-state index contributed by atoms with van der Waals surface area (Å²) >= 11 is 0. The molecule has 4 heteroatoms. The summed E-state index contributed by atoms with van der Waals surface area (Å²) in [6, 6.07) is 9.96. The minimum absolute atomic E-state index is 0.0872. The van der Waals surface area contributed by atoms with Gasteiger partial charge >= 0.3 is 0 Å². The lowest BCUT2D eigenvalue weighted by Gasteiger charge is -2.06. The third kappa shape index (κ3) is 2.71. The number of nitrogens with one attached hydrogen (secondary N) is 1. The predicted molar refractivity (Wildman–Crippen MR) is 56.4 cm³/mol. The van der Waals surface area contributed by atoms with E-state index < -0.39 is 0 Å². The first-order valence-corrected chi connectivity index (χ1v) is 4.89. The molecule has 0 fully saturated rings. The molecule has 1 aromatic carbocycles. The number of hydrogen-bond donors (Lipinski definition) is 2. The first kappa shape index (κ1) is 10.0. The van der Waals surface area contributed by atoms with E-state index in [1.165, 1.54) is 0 Å². The standard InChI is InChI=1S/C11H14N2O2/c12-7-10-6-11(13-15-10)14-8-9-4-2-1-3-5-9/h1-6,10,13H,7-8,12H2. The molecule has 15 heavy (non-hydrogen) atoms. The van der Waals surface area contributed by atoms with Gasteiger partial charge in [0.1, 0.15) is 12.7 Å². The molecule has 0 radical (unpaired) electrons. The maximum atomic E-state index is 5.49. The lowest BCUT2D eigenvalue weighted by molar-refractivity contribution is 0.0143. The average molecular weight is 206 g/mol. The summed E-state index contributed by atoms with van der Waals surface area (Å²) in [5.74, 6) is 0.634. The Hall–Kier alpha value is -1.52. The van der Waals surface area contributed by atoms with Crippen LogP contribution in [0.15, 0.2) is 42.3 Å². The molecular formula is C11H14N2O2. The SMILES string of the molecule is NCC1C=C(OCc2ccccc2)NO1. The van der Waals surface area contributed by atoms with Gasteiger partial charge in [0.2, 0.25) is 5.88 Å². The van der Waals surface area contributed by atoms with E-state index >= 15 is 0 Å². The van der Waals surface area contributed by atoms with Crippen molar-refractivity contribution >= 4 is 0 Å². The van der Waals surface area contributed by atoms with Crippen LogP contribution in [0, 0.1) is 0 Å². The summed E-state index contributed by atoms with van der Waals surface area (Å²) in [6.07, 6.45) is 1.75. The zero-order valence-electron chi connectivity index (χ0n) is 8.35. The molecule has 0 saturated carbocycles. The van der Waals surface area contributed by atoms with Crippen molar-refractivity contribution in [2.75, 3.05) is 6.54 Å². The zero-order valence-corrected chi connectivity index (χ0v) is 8.35. The molecule has 1 unspecified atom stereocenters. The van der Waals surface area contributed by atoms with Crippen molar-refractivity contribution < 1.29 is 9.57 Å². The van der Waals surface area contributed by atoms with Crippen molar-refractivity contribution in [3.63, 3.8) is 0 Å². The molecule has 80 valence electrons. The van der Waals surface area contributed by atoms with Gasteiger partial charge < -0.3 is 10.5 Å². The summed E-state index contributed by atoms with van der Waals surface area (Å²) in [6.45, 7) is 0.978. The molecule has 0 aromatic heterocycles. The van der Waals surface area contributed by atoms with E-state index in [0.29, 0.717) is 19.0 Å². The normalized spacial score (nSPS) is 19.5. The van der Waals surface area contributed by atoms with Gasteiger partial charge in [0.25, 0.3) is 0 Å². The highest BCUT2D eigenvalue weighted by Crippen LogP contribution is 2.09. The van der Waals surface area contributed by atoms with Crippen LogP contribution in [0.2, 0.25) is 0 Å². The topological polar surface area (TPSA) is 56.5 Å². The van der Waals surface area contributed by atoms with Gasteiger partial charge in [0.05, 0.1) is 0 Å². The van der Waals surface area contributed by atoms with Crippen LogP contribution in [-0.2, 0) is 16.2 Å². The second-order valence-electron chi connectivity index (χ2n) is 3.30. The first-order valence-electron chi connectivity index (χ1n) is 4.89. The average Bonchev–Trinajstić information content (AvgIpc) is 2.76. The Bertz CT molecular complexity index is 338. The van der Waals surface area contributed by atoms with E-state index in [-0.39, 0.29) is 6.10 Å². The predicted octanol–water partition coefficient (Wildman–Crippen LogP) is 0.907. The highest BCUT2D eigenvalue weighted by Gasteiger charge is 2.15. The molecule has 2 rings (SSSR count). The molecule has 0 aliphatic carbocycles. The second kappa shape index (κ2) is 4.82. The van der Waals surface area contributed by atoms with E-state index in [2.05, 4.69) is 5.48 Å². The van der Waals surface area contributed by atoms with Crippen molar-refractivity contribution in [3.8, 4) is 0 Å². The Labute approximate surface area is 88.6 Å². The highest BCUT2D eigenvalue weighted by molar-refractivity contribution is 5.14. The van der Waals surface area contributed by atoms with Crippen LogP contribution >= 0.6 is 0 Å². The fourth-order valence-electron chi connectivity index (χ4n) is 1.30. The quantitative estimate of drug-likeness (QED) is 0.768. The van der Waals surface area contributed by atoms with Crippen molar-refractivity contribution in [1.82, 2.24) is 5.48 Å². The van der Waals surface area contributed by atoms with Crippen LogP contribution in [0.5, 0.6) is 0 Å². The molecule has 1 atom stereocenters. The molecule has 0 bridgehead atoms. The van der Waals surface area contributed by atoms with E-state index in [9.17, 15) is 0 Å². The summed E-state index contributed by atoms with van der Waals surface area (Å²) in [5.41, 5.74) is 9.25. The molecule has 1 aliphatic heterocycles. The van der Waals surface area contributed by atoms with Gasteiger partial charge in [-0.1, -0.05) is 30.3 Å². The van der Waals surface area contributed by atoms with E-state index in [1.54, 1.807) is 0 Å². The smallest absolute Gasteiger partial charge is 0.209 e. The van der Waals surface area contributed by atoms with E-state index in [4.69, 9.17) is 15.3 Å². The molecule has 1 aromatic rings. The minimum atomic E-state index is -0.0872. The minimum Gasteiger partial charge on any atom is -0.473 e. The second-order valence-corrected chi connectivity index (χ2v) is 3.30. The van der Waals surface area contributed by atoms with Crippen LogP contribution in [0.25, 0.3) is 0 Å². The molecule has 0 saturated heterocycles. The zero-order chi connectivity index (χ0) is 10.5. The van der Waals surface area contributed by atoms with Crippen LogP contribution < -0.4 is 11.2 Å². The van der Waals surface area contributed by atoms with Gasteiger partial charge in [-0.3, -0.25) is 4.84 Å². The van der Waals surface area contributed by atoms with Gasteiger partial charge in [0, 0.05) is 12.6 Å². The van der Waals surface area contributed by atoms with E-state index in [1.807, 2.05) is 36.4 Å². The number of rotatable bonds is 4. The molecule has 3 N–H and O–H groups in total. The molecule has 1 aliphatic rings. The van der Waals surface area contributed by atoms with Crippen LogP contribution in [0.4, 0.5) is 0 Å². The maximum Gasteiger partial charge on any atom is 0.209 e. The highest BCUT2D eigenvalue weighted by atomic mass is 16.7. The lowest BCUT2D eigenvalue weighted by Crippen LogP contribution is -2.21. The van der Waals surface area contributed by atoms with Crippen LogP contribution in [-0.4, -0.2) is 12.6 Å². The van der Waals surface area contributed by atoms with Crippen molar-refractivity contribution in [2.24, 2.45) is 5.73 Å². The Morgan fingerprint density at radius 2 is 2.13 bits per heavy atom. The van der Waals surface area contributed by atoms with Gasteiger partial charge in [-0.05, 0) is 5.56 Å². The summed E-state index contributed by atoms with van der Waals surface area (Å²) in [7, 11) is 0. The van der Waals surface area contributed by atoms with Gasteiger partial charge in [-0.25, -0.2) is 5.48 Å². The third-order valence-electron chi connectivity index (χ3n) is 2.12. The number of benzene rings is 1. The molecule has 4 nitrogen and oxygen atoms in total. The lowest BCUT2D eigenvalue weighted by atomic mass is 10.2. The Kier molecular flexibility index (Phi) is 3.22. The Morgan fingerprint density at radius 1 is 1.33 bits per heavy atom. The maximum absolute atomic E-state index is 5.49. The Balaban J connectivity index is 1.84. The van der Waals surface area contributed by atoms with Gasteiger partial charge in [0.15, 0.2) is 0 Å². The number of ether oxygens (including phenoxy) is 1. The fourth-order valence-corrected chi connectivity index (χ4v) is 1.30.